The maximum Gasteiger partial charge on any atom is 0.0998 e. The van der Waals surface area contributed by atoms with Crippen molar-refractivity contribution in [2.45, 2.75) is 45.8 Å². The molecule has 0 amide bonds. The first-order valence-corrected chi connectivity index (χ1v) is 4.00. The molecule has 0 aromatic carbocycles. The van der Waals surface area contributed by atoms with Crippen molar-refractivity contribution in [2.75, 3.05) is 0 Å². The molecule has 0 saturated carbocycles. The highest BCUT2D eigenvalue weighted by Crippen LogP contribution is 2.21. The van der Waals surface area contributed by atoms with Gasteiger partial charge in [0, 0.05) is 12.1 Å². The van der Waals surface area contributed by atoms with Crippen molar-refractivity contribution in [1.29, 1.82) is 0 Å². The molecule has 0 aliphatic carbocycles. The van der Waals surface area contributed by atoms with Gasteiger partial charge in [-0.2, -0.15) is 5.10 Å². The van der Waals surface area contributed by atoms with Crippen LogP contribution in [0.25, 0.3) is 0 Å². The molecule has 1 aliphatic heterocycles. The molecule has 0 bridgehead atoms. The Balaban J connectivity index is 2.74. The van der Waals surface area contributed by atoms with E-state index in [1.54, 1.807) is 0 Å². The van der Waals surface area contributed by atoms with E-state index >= 15 is 0 Å². The van der Waals surface area contributed by atoms with Crippen LogP contribution in [0.1, 0.15) is 34.1 Å². The maximum absolute atomic E-state index is 5.87. The number of nitrogens with two attached hydrogens (primary N) is 1. The van der Waals surface area contributed by atoms with E-state index in [9.17, 15) is 0 Å². The van der Waals surface area contributed by atoms with Crippen LogP contribution in [0, 0.1) is 0 Å². The summed E-state index contributed by atoms with van der Waals surface area (Å²) >= 11 is 0. The van der Waals surface area contributed by atoms with E-state index in [1.165, 1.54) is 0 Å². The molecular formula is C8H17N3. The molecule has 0 fully saturated rings. The molecule has 1 rings (SSSR count). The Hall–Kier alpha value is -0.570. The third-order valence-corrected chi connectivity index (χ3v) is 1.78. The molecule has 3 nitrogen and oxygen atoms in total. The minimum Gasteiger partial charge on any atom is -0.310 e. The Morgan fingerprint density at radius 1 is 1.55 bits per heavy atom. The van der Waals surface area contributed by atoms with Crippen molar-refractivity contribution in [1.82, 2.24) is 5.01 Å². The van der Waals surface area contributed by atoms with Gasteiger partial charge in [0.25, 0.3) is 0 Å². The summed E-state index contributed by atoms with van der Waals surface area (Å²) in [6.45, 7) is 8.38. The molecule has 11 heavy (non-hydrogen) atoms. The van der Waals surface area contributed by atoms with Crippen LogP contribution in [-0.4, -0.2) is 22.4 Å². The van der Waals surface area contributed by atoms with Crippen LogP contribution in [0.5, 0.6) is 0 Å². The average molecular weight is 155 g/mol. The van der Waals surface area contributed by atoms with E-state index in [1.807, 2.05) is 11.9 Å². The summed E-state index contributed by atoms with van der Waals surface area (Å²) in [5, 5.41) is 6.34. The van der Waals surface area contributed by atoms with Crippen LogP contribution in [-0.2, 0) is 0 Å². The minimum atomic E-state index is 0.0528. The van der Waals surface area contributed by atoms with Crippen molar-refractivity contribution in [3.8, 4) is 0 Å². The first-order chi connectivity index (χ1) is 4.91. The molecule has 3 heteroatoms. The van der Waals surface area contributed by atoms with Crippen LogP contribution in [0.2, 0.25) is 0 Å². The molecule has 0 spiro atoms. The molecular weight excluding hydrogens is 138 g/mol. The lowest BCUT2D eigenvalue weighted by Gasteiger charge is -2.33. The molecule has 1 aliphatic rings. The lowest BCUT2D eigenvalue weighted by atomic mass is 10.1. The number of nitrogens with zero attached hydrogens (tertiary/aromatic N) is 2. The smallest absolute Gasteiger partial charge is 0.0998 e. The quantitative estimate of drug-likeness (QED) is 0.570. The first-order valence-electron chi connectivity index (χ1n) is 4.00. The monoisotopic (exact) mass is 155 g/mol. The summed E-state index contributed by atoms with van der Waals surface area (Å²) in [6.07, 6.45) is 0.979. The fraction of sp³-hybridized carbons (Fsp3) is 0.875. The molecule has 2 N–H and O–H groups in total. The van der Waals surface area contributed by atoms with Crippen LogP contribution >= 0.6 is 0 Å². The van der Waals surface area contributed by atoms with Gasteiger partial charge in [-0.3, -0.25) is 5.01 Å². The predicted molar refractivity (Wildman–Crippen MR) is 47.3 cm³/mol. The Morgan fingerprint density at radius 2 is 2.09 bits per heavy atom. The van der Waals surface area contributed by atoms with Crippen molar-refractivity contribution < 1.29 is 0 Å². The number of hydrogen-bond donors (Lipinski definition) is 1. The van der Waals surface area contributed by atoms with Crippen molar-refractivity contribution >= 4 is 5.71 Å². The standard InChI is InChI=1S/C8H17N3/c1-6-5-7(9)11(10-6)8(2,3)4/h7H,5,9H2,1-4H3. The van der Waals surface area contributed by atoms with Gasteiger partial charge in [0.2, 0.25) is 0 Å². The normalized spacial score (nSPS) is 25.7. The average Bonchev–Trinajstić information content (AvgIpc) is 2.08. The van der Waals surface area contributed by atoms with Gasteiger partial charge in [-0.25, -0.2) is 0 Å². The van der Waals surface area contributed by atoms with E-state index in [0.717, 1.165) is 12.1 Å². The second-order valence-corrected chi connectivity index (χ2v) is 4.12. The van der Waals surface area contributed by atoms with E-state index in [4.69, 9.17) is 5.73 Å². The van der Waals surface area contributed by atoms with Gasteiger partial charge in [-0.1, -0.05) is 0 Å². The van der Waals surface area contributed by atoms with E-state index in [2.05, 4.69) is 25.9 Å². The Morgan fingerprint density at radius 3 is 2.27 bits per heavy atom. The number of hydrazone groups is 1. The largest absolute Gasteiger partial charge is 0.310 e. The molecule has 1 heterocycles. The van der Waals surface area contributed by atoms with Gasteiger partial charge < -0.3 is 5.73 Å². The fourth-order valence-corrected chi connectivity index (χ4v) is 1.34. The molecule has 1 atom stereocenters. The summed E-state index contributed by atoms with van der Waals surface area (Å²) in [5.74, 6) is 0. The fourth-order valence-electron chi connectivity index (χ4n) is 1.34. The minimum absolute atomic E-state index is 0.0528. The third-order valence-electron chi connectivity index (χ3n) is 1.78. The Kier molecular flexibility index (Phi) is 1.92. The molecule has 0 aromatic rings. The number of rotatable bonds is 0. The summed E-state index contributed by atoms with van der Waals surface area (Å²) in [7, 11) is 0. The van der Waals surface area contributed by atoms with Crippen LogP contribution in [0.15, 0.2) is 5.10 Å². The van der Waals surface area contributed by atoms with Gasteiger partial charge in [-0.15, -0.1) is 0 Å². The van der Waals surface area contributed by atoms with Crippen molar-refractivity contribution in [3.63, 3.8) is 0 Å². The lowest BCUT2D eigenvalue weighted by molar-refractivity contribution is 0.107. The summed E-state index contributed by atoms with van der Waals surface area (Å²) in [4.78, 5) is 0. The highest BCUT2D eigenvalue weighted by atomic mass is 15.5. The second-order valence-electron chi connectivity index (χ2n) is 4.12. The lowest BCUT2D eigenvalue weighted by Crippen LogP contribution is -2.46. The third kappa shape index (κ3) is 1.71. The van der Waals surface area contributed by atoms with E-state index < -0.39 is 0 Å². The SMILES string of the molecule is CC1=NN(C(C)(C)C)C(N)C1. The molecule has 0 saturated heterocycles. The summed E-state index contributed by atoms with van der Waals surface area (Å²) in [6, 6.07) is 0. The highest BCUT2D eigenvalue weighted by Gasteiger charge is 2.29. The second kappa shape index (κ2) is 2.48. The van der Waals surface area contributed by atoms with E-state index in [-0.39, 0.29) is 11.7 Å². The van der Waals surface area contributed by atoms with Gasteiger partial charge in [-0.05, 0) is 27.7 Å². The Labute approximate surface area is 68.3 Å². The highest BCUT2D eigenvalue weighted by molar-refractivity contribution is 5.83. The summed E-state index contributed by atoms with van der Waals surface area (Å²) in [5.41, 5.74) is 7.05. The van der Waals surface area contributed by atoms with Gasteiger partial charge in [0.1, 0.15) is 0 Å². The maximum atomic E-state index is 5.87. The number of hydrogen-bond acceptors (Lipinski definition) is 3. The van der Waals surface area contributed by atoms with Gasteiger partial charge >= 0.3 is 0 Å². The predicted octanol–water partition coefficient (Wildman–Crippen LogP) is 1.15. The Bertz CT molecular complexity index is 178. The zero-order valence-electron chi connectivity index (χ0n) is 7.76. The van der Waals surface area contributed by atoms with Crippen molar-refractivity contribution in [3.05, 3.63) is 0 Å². The molecule has 0 radical (unpaired) electrons. The van der Waals surface area contributed by atoms with E-state index in [0.29, 0.717) is 0 Å². The first kappa shape index (κ1) is 8.53. The zero-order chi connectivity index (χ0) is 8.65. The topological polar surface area (TPSA) is 41.6 Å². The molecule has 0 aromatic heterocycles. The van der Waals surface area contributed by atoms with Crippen LogP contribution in [0.4, 0.5) is 0 Å². The molecule has 64 valence electrons. The van der Waals surface area contributed by atoms with Crippen molar-refractivity contribution in [2.24, 2.45) is 10.8 Å². The zero-order valence-corrected chi connectivity index (χ0v) is 7.76. The van der Waals surface area contributed by atoms with Crippen LogP contribution < -0.4 is 5.73 Å². The van der Waals surface area contributed by atoms with Gasteiger partial charge in [0.15, 0.2) is 0 Å². The van der Waals surface area contributed by atoms with Gasteiger partial charge in [0.05, 0.1) is 11.7 Å². The molecule has 1 unspecified atom stereocenters. The van der Waals surface area contributed by atoms with Crippen LogP contribution in [0.3, 0.4) is 0 Å². The summed E-state index contributed by atoms with van der Waals surface area (Å²) < 4.78 is 0.